The fraction of sp³-hybridized carbons (Fsp3) is 0.154. The van der Waals surface area contributed by atoms with E-state index < -0.39 is 12.1 Å². The van der Waals surface area contributed by atoms with Crippen LogP contribution in [0.3, 0.4) is 0 Å². The maximum absolute atomic E-state index is 13.6. The van der Waals surface area contributed by atoms with Crippen LogP contribution >= 0.6 is 0 Å². The molecule has 0 saturated carbocycles. The van der Waals surface area contributed by atoms with E-state index in [-0.39, 0.29) is 5.78 Å². The lowest BCUT2D eigenvalue weighted by Crippen LogP contribution is -2.20. The van der Waals surface area contributed by atoms with Crippen molar-refractivity contribution in [3.63, 3.8) is 0 Å². The van der Waals surface area contributed by atoms with E-state index in [1.807, 2.05) is 55.5 Å². The van der Waals surface area contributed by atoms with Crippen molar-refractivity contribution in [1.29, 1.82) is 0 Å². The monoisotopic (exact) mass is 397 g/mol. The molecule has 0 unspecified atom stereocenters. The van der Waals surface area contributed by atoms with E-state index in [1.165, 1.54) is 0 Å². The van der Waals surface area contributed by atoms with Gasteiger partial charge in [0.1, 0.15) is 0 Å². The zero-order valence-electron chi connectivity index (χ0n) is 17.0. The third-order valence-electron chi connectivity index (χ3n) is 5.38. The van der Waals surface area contributed by atoms with Crippen LogP contribution in [0.5, 0.6) is 0 Å². The molecule has 0 aliphatic rings. The number of rotatable bonds is 6. The Morgan fingerprint density at radius 2 is 1.63 bits per heavy atom. The summed E-state index contributed by atoms with van der Waals surface area (Å²) < 4.78 is 5.79. The van der Waals surface area contributed by atoms with Crippen LogP contribution in [0.2, 0.25) is 0 Å². The highest BCUT2D eigenvalue weighted by Gasteiger charge is 2.29. The molecule has 0 bridgehead atoms. The molecule has 0 fully saturated rings. The lowest BCUT2D eigenvalue weighted by atomic mass is 9.98. The van der Waals surface area contributed by atoms with Gasteiger partial charge in [0.25, 0.3) is 0 Å². The fourth-order valence-electron chi connectivity index (χ4n) is 3.73. The SMILES string of the molecule is CCc1cccc2c(C(=O)[C@@H](OC(=O)c3ccccc3C)c3ccccc3)c[nH]c12. The second-order valence-corrected chi connectivity index (χ2v) is 7.27. The third-order valence-corrected chi connectivity index (χ3v) is 5.38. The highest BCUT2D eigenvalue weighted by molar-refractivity contribution is 6.11. The number of H-pyrrole nitrogens is 1. The van der Waals surface area contributed by atoms with Gasteiger partial charge in [-0.3, -0.25) is 4.79 Å². The predicted molar refractivity (Wildman–Crippen MR) is 118 cm³/mol. The van der Waals surface area contributed by atoms with Gasteiger partial charge in [0, 0.05) is 28.2 Å². The average Bonchev–Trinajstić information content (AvgIpc) is 3.22. The number of esters is 1. The van der Waals surface area contributed by atoms with E-state index in [1.54, 1.807) is 30.5 Å². The van der Waals surface area contributed by atoms with Crippen LogP contribution in [0.25, 0.3) is 10.9 Å². The summed E-state index contributed by atoms with van der Waals surface area (Å²) in [7, 11) is 0. The Morgan fingerprint density at radius 3 is 2.37 bits per heavy atom. The molecule has 4 rings (SSSR count). The minimum absolute atomic E-state index is 0.248. The molecule has 30 heavy (non-hydrogen) atoms. The molecule has 0 aliphatic heterocycles. The molecule has 150 valence electrons. The Morgan fingerprint density at radius 1 is 0.900 bits per heavy atom. The molecule has 4 aromatic rings. The van der Waals surface area contributed by atoms with Crippen molar-refractivity contribution in [2.45, 2.75) is 26.4 Å². The number of carbonyl (C=O) groups excluding carboxylic acids is 2. The van der Waals surface area contributed by atoms with Gasteiger partial charge >= 0.3 is 5.97 Å². The van der Waals surface area contributed by atoms with Crippen LogP contribution in [0, 0.1) is 6.92 Å². The summed E-state index contributed by atoms with van der Waals surface area (Å²) in [6.45, 7) is 3.93. The predicted octanol–water partition coefficient (Wildman–Crippen LogP) is 5.82. The zero-order chi connectivity index (χ0) is 21.1. The van der Waals surface area contributed by atoms with Crippen LogP contribution in [0.4, 0.5) is 0 Å². The Hall–Kier alpha value is -3.66. The Labute approximate surface area is 175 Å². The molecule has 0 spiro atoms. The molecule has 1 aromatic heterocycles. The van der Waals surface area contributed by atoms with Crippen molar-refractivity contribution in [3.8, 4) is 0 Å². The van der Waals surface area contributed by atoms with Crippen LogP contribution in [0.1, 0.15) is 50.4 Å². The summed E-state index contributed by atoms with van der Waals surface area (Å²) in [6.07, 6.45) is 1.54. The smallest absolute Gasteiger partial charge is 0.339 e. The fourth-order valence-corrected chi connectivity index (χ4v) is 3.73. The Balaban J connectivity index is 1.75. The van der Waals surface area contributed by atoms with Gasteiger partial charge in [-0.15, -0.1) is 0 Å². The number of carbonyl (C=O) groups is 2. The number of aryl methyl sites for hydroxylation is 2. The molecular formula is C26H23NO3. The number of Topliss-reactive ketones (excluding diaryl/α,β-unsaturated/α-hetero) is 1. The number of ether oxygens (including phenoxy) is 1. The third kappa shape index (κ3) is 3.64. The van der Waals surface area contributed by atoms with Crippen molar-refractivity contribution >= 4 is 22.7 Å². The second-order valence-electron chi connectivity index (χ2n) is 7.27. The van der Waals surface area contributed by atoms with Gasteiger partial charge < -0.3 is 9.72 Å². The lowest BCUT2D eigenvalue weighted by molar-refractivity contribution is 0.0280. The zero-order valence-corrected chi connectivity index (χ0v) is 17.0. The van der Waals surface area contributed by atoms with Crippen molar-refractivity contribution in [2.75, 3.05) is 0 Å². The normalized spacial score (nSPS) is 11.9. The van der Waals surface area contributed by atoms with Crippen molar-refractivity contribution < 1.29 is 14.3 Å². The minimum Gasteiger partial charge on any atom is -0.445 e. The van der Waals surface area contributed by atoms with E-state index in [2.05, 4.69) is 11.9 Å². The highest BCUT2D eigenvalue weighted by Crippen LogP contribution is 2.29. The van der Waals surface area contributed by atoms with E-state index in [9.17, 15) is 9.59 Å². The summed E-state index contributed by atoms with van der Waals surface area (Å²) in [5, 5.41) is 0.840. The van der Waals surface area contributed by atoms with E-state index in [0.717, 1.165) is 28.5 Å². The number of ketones is 1. The summed E-state index contributed by atoms with van der Waals surface area (Å²) in [5.74, 6) is -0.757. The van der Waals surface area contributed by atoms with Crippen LogP contribution in [-0.4, -0.2) is 16.7 Å². The van der Waals surface area contributed by atoms with Crippen LogP contribution in [0.15, 0.2) is 79.0 Å². The molecule has 4 heteroatoms. The molecule has 4 nitrogen and oxygen atoms in total. The standard InChI is InChI=1S/C26H23NO3/c1-3-18-13-9-15-21-22(16-27-23(18)21)24(28)25(19-11-5-4-6-12-19)30-26(29)20-14-8-7-10-17(20)2/h4-16,25,27H,3H2,1-2H3/t25-/m0/s1. The Kier molecular flexibility index (Phi) is 5.48. The van der Waals surface area contributed by atoms with Gasteiger partial charge in [-0.2, -0.15) is 0 Å². The Bertz CT molecular complexity index is 1210. The molecule has 0 saturated heterocycles. The maximum atomic E-state index is 13.6. The van der Waals surface area contributed by atoms with Crippen LogP contribution < -0.4 is 0 Å². The molecule has 0 amide bonds. The number of para-hydroxylation sites is 1. The van der Waals surface area contributed by atoms with Gasteiger partial charge in [-0.25, -0.2) is 4.79 Å². The molecule has 0 radical (unpaired) electrons. The first-order chi connectivity index (χ1) is 14.6. The second kappa shape index (κ2) is 8.37. The number of hydrogen-bond donors (Lipinski definition) is 1. The average molecular weight is 397 g/mol. The van der Waals surface area contributed by atoms with Crippen molar-refractivity contribution in [1.82, 2.24) is 4.98 Å². The number of nitrogens with one attached hydrogen (secondary N) is 1. The van der Waals surface area contributed by atoms with Gasteiger partial charge in [-0.1, -0.05) is 73.7 Å². The first-order valence-electron chi connectivity index (χ1n) is 10.0. The quantitative estimate of drug-likeness (QED) is 0.329. The van der Waals surface area contributed by atoms with Crippen LogP contribution in [-0.2, 0) is 11.2 Å². The highest BCUT2D eigenvalue weighted by atomic mass is 16.5. The van der Waals surface area contributed by atoms with Crippen molar-refractivity contribution in [3.05, 3.63) is 107 Å². The number of aromatic amines is 1. The number of aromatic nitrogens is 1. The summed E-state index contributed by atoms with van der Waals surface area (Å²) >= 11 is 0. The van der Waals surface area contributed by atoms with Gasteiger partial charge in [-0.05, 0) is 30.5 Å². The summed E-state index contributed by atoms with van der Waals surface area (Å²) in [5.41, 5.74) is 4.51. The molecule has 0 aliphatic carbocycles. The van der Waals surface area contributed by atoms with Gasteiger partial charge in [0.2, 0.25) is 5.78 Å². The maximum Gasteiger partial charge on any atom is 0.339 e. The number of fused-ring (bicyclic) bond motifs is 1. The van der Waals surface area contributed by atoms with E-state index >= 15 is 0 Å². The van der Waals surface area contributed by atoms with E-state index in [4.69, 9.17) is 4.74 Å². The number of hydrogen-bond acceptors (Lipinski definition) is 3. The molecule has 1 heterocycles. The van der Waals surface area contributed by atoms with Gasteiger partial charge in [0.15, 0.2) is 6.10 Å². The topological polar surface area (TPSA) is 59.2 Å². The molecule has 3 aromatic carbocycles. The minimum atomic E-state index is -1.03. The first kappa shape index (κ1) is 19.6. The summed E-state index contributed by atoms with van der Waals surface area (Å²) in [6, 6.07) is 22.3. The van der Waals surface area contributed by atoms with Gasteiger partial charge in [0.05, 0.1) is 5.56 Å². The largest absolute Gasteiger partial charge is 0.445 e. The van der Waals surface area contributed by atoms with Crippen molar-refractivity contribution in [2.24, 2.45) is 0 Å². The first-order valence-corrected chi connectivity index (χ1v) is 10.0. The lowest BCUT2D eigenvalue weighted by Gasteiger charge is -2.18. The number of benzene rings is 3. The molecule has 1 atom stereocenters. The molecular weight excluding hydrogens is 374 g/mol. The molecule has 1 N–H and O–H groups in total. The summed E-state index contributed by atoms with van der Waals surface area (Å²) in [4.78, 5) is 29.7. The van der Waals surface area contributed by atoms with E-state index in [0.29, 0.717) is 16.7 Å².